The van der Waals surface area contributed by atoms with Gasteiger partial charge in [-0.25, -0.2) is 0 Å². The van der Waals surface area contributed by atoms with E-state index in [9.17, 15) is 4.79 Å². The van der Waals surface area contributed by atoms with E-state index in [4.69, 9.17) is 4.74 Å². The van der Waals surface area contributed by atoms with E-state index in [1.807, 2.05) is 32.7 Å². The fraction of sp³-hybridized carbons (Fsp3) is 0.917. The lowest BCUT2D eigenvalue weighted by molar-refractivity contribution is -0.150. The van der Waals surface area contributed by atoms with Crippen LogP contribution in [-0.2, 0) is 9.53 Å². The zero-order valence-corrected chi connectivity index (χ0v) is 11.8. The summed E-state index contributed by atoms with van der Waals surface area (Å²) in [4.78, 5) is 11.7. The summed E-state index contributed by atoms with van der Waals surface area (Å²) >= 11 is 1.95. The van der Waals surface area contributed by atoms with Gasteiger partial charge in [0.25, 0.3) is 0 Å². The van der Waals surface area contributed by atoms with Crippen LogP contribution in [0.15, 0.2) is 0 Å². The molecule has 0 aromatic carbocycles. The molecule has 0 aliphatic rings. The number of ether oxygens (including phenoxy) is 1. The summed E-state index contributed by atoms with van der Waals surface area (Å²) in [6.07, 6.45) is 3.09. The number of hydrogen-bond acceptors (Lipinski definition) is 4. The van der Waals surface area contributed by atoms with Crippen molar-refractivity contribution >= 4 is 17.7 Å². The molecule has 0 aliphatic heterocycles. The Balaban J connectivity index is 3.92. The lowest BCUT2D eigenvalue weighted by Gasteiger charge is -2.26. The molecule has 16 heavy (non-hydrogen) atoms. The van der Waals surface area contributed by atoms with Crippen molar-refractivity contribution in [2.45, 2.75) is 45.6 Å². The number of rotatable bonds is 9. The number of nitrogens with one attached hydrogen (secondary N) is 1. The van der Waals surface area contributed by atoms with E-state index in [2.05, 4.69) is 12.2 Å². The Morgan fingerprint density at radius 1 is 1.38 bits per heavy atom. The molecule has 0 aromatic rings. The van der Waals surface area contributed by atoms with Crippen molar-refractivity contribution in [2.24, 2.45) is 0 Å². The van der Waals surface area contributed by atoms with E-state index >= 15 is 0 Å². The van der Waals surface area contributed by atoms with Gasteiger partial charge < -0.3 is 10.1 Å². The SMILES string of the molecule is CCCSCCCC(C)(NC)C(=O)OCC. The maximum atomic E-state index is 11.7. The number of hydrogen-bond donors (Lipinski definition) is 1. The highest BCUT2D eigenvalue weighted by molar-refractivity contribution is 7.99. The van der Waals surface area contributed by atoms with E-state index in [0.29, 0.717) is 6.61 Å². The Kier molecular flexibility index (Phi) is 8.76. The first kappa shape index (κ1) is 15.8. The molecule has 0 fully saturated rings. The number of esters is 1. The van der Waals surface area contributed by atoms with Crippen molar-refractivity contribution in [3.63, 3.8) is 0 Å². The number of carbonyl (C=O) groups excluding carboxylic acids is 1. The molecule has 0 radical (unpaired) electrons. The highest BCUT2D eigenvalue weighted by Gasteiger charge is 2.32. The average Bonchev–Trinajstić information content (AvgIpc) is 2.28. The molecule has 96 valence electrons. The molecule has 0 spiro atoms. The highest BCUT2D eigenvalue weighted by Crippen LogP contribution is 2.16. The van der Waals surface area contributed by atoms with Crippen molar-refractivity contribution in [1.29, 1.82) is 0 Å². The lowest BCUT2D eigenvalue weighted by atomic mass is 9.97. The zero-order chi connectivity index (χ0) is 12.4. The summed E-state index contributed by atoms with van der Waals surface area (Å²) in [6.45, 7) is 6.38. The molecule has 4 heteroatoms. The minimum Gasteiger partial charge on any atom is -0.465 e. The molecule has 0 amide bonds. The van der Waals surface area contributed by atoms with Crippen LogP contribution in [0, 0.1) is 0 Å². The van der Waals surface area contributed by atoms with E-state index in [-0.39, 0.29) is 5.97 Å². The molecule has 0 bridgehead atoms. The molecule has 1 N–H and O–H groups in total. The Morgan fingerprint density at radius 2 is 2.06 bits per heavy atom. The summed E-state index contributed by atoms with van der Waals surface area (Å²) in [6, 6.07) is 0. The van der Waals surface area contributed by atoms with Crippen LogP contribution in [-0.4, -0.2) is 36.7 Å². The smallest absolute Gasteiger partial charge is 0.326 e. The van der Waals surface area contributed by atoms with Gasteiger partial charge in [-0.15, -0.1) is 0 Å². The molecule has 1 atom stereocenters. The normalized spacial score (nSPS) is 14.5. The predicted molar refractivity (Wildman–Crippen MR) is 70.9 cm³/mol. The summed E-state index contributed by atoms with van der Waals surface area (Å²) in [7, 11) is 1.82. The zero-order valence-electron chi connectivity index (χ0n) is 11.0. The van der Waals surface area contributed by atoms with E-state index in [1.165, 1.54) is 12.2 Å². The summed E-state index contributed by atoms with van der Waals surface area (Å²) in [5.74, 6) is 2.18. The van der Waals surface area contributed by atoms with Gasteiger partial charge in [-0.05, 0) is 51.7 Å². The molecule has 0 rings (SSSR count). The molecule has 1 unspecified atom stereocenters. The highest BCUT2D eigenvalue weighted by atomic mass is 32.2. The Hall–Kier alpha value is -0.220. The molecule has 0 saturated carbocycles. The maximum Gasteiger partial charge on any atom is 0.326 e. The minimum atomic E-state index is -0.525. The molecule has 0 aromatic heterocycles. The topological polar surface area (TPSA) is 38.3 Å². The second kappa shape index (κ2) is 8.88. The van der Waals surface area contributed by atoms with Crippen LogP contribution in [0.1, 0.15) is 40.0 Å². The summed E-state index contributed by atoms with van der Waals surface area (Å²) < 4.78 is 5.07. The van der Waals surface area contributed by atoms with Crippen LogP contribution in [0.2, 0.25) is 0 Å². The Labute approximate surface area is 104 Å². The lowest BCUT2D eigenvalue weighted by Crippen LogP contribution is -2.48. The minimum absolute atomic E-state index is 0.141. The molecular formula is C12H25NO2S. The van der Waals surface area contributed by atoms with Crippen molar-refractivity contribution in [3.05, 3.63) is 0 Å². The molecular weight excluding hydrogens is 222 g/mol. The standard InChI is InChI=1S/C12H25NO2S/c1-5-9-16-10-7-8-12(3,13-4)11(14)15-6-2/h13H,5-10H2,1-4H3. The van der Waals surface area contributed by atoms with Crippen LogP contribution < -0.4 is 5.32 Å². The van der Waals surface area contributed by atoms with Gasteiger partial charge in [0.1, 0.15) is 5.54 Å². The van der Waals surface area contributed by atoms with Crippen molar-refractivity contribution in [3.8, 4) is 0 Å². The van der Waals surface area contributed by atoms with Crippen LogP contribution in [0.3, 0.4) is 0 Å². The van der Waals surface area contributed by atoms with Gasteiger partial charge in [0.15, 0.2) is 0 Å². The van der Waals surface area contributed by atoms with Crippen molar-refractivity contribution in [1.82, 2.24) is 5.32 Å². The fourth-order valence-electron chi connectivity index (χ4n) is 1.39. The fourth-order valence-corrected chi connectivity index (χ4v) is 2.23. The van der Waals surface area contributed by atoms with Gasteiger partial charge in [-0.2, -0.15) is 11.8 Å². The first-order valence-electron chi connectivity index (χ1n) is 6.04. The van der Waals surface area contributed by atoms with Gasteiger partial charge in [-0.1, -0.05) is 6.92 Å². The second-order valence-electron chi connectivity index (χ2n) is 4.02. The number of likely N-dealkylation sites (N-methyl/N-ethyl adjacent to an activating group) is 1. The third-order valence-electron chi connectivity index (χ3n) is 2.59. The third-order valence-corrected chi connectivity index (χ3v) is 3.87. The van der Waals surface area contributed by atoms with Crippen LogP contribution >= 0.6 is 11.8 Å². The maximum absolute atomic E-state index is 11.7. The first-order valence-corrected chi connectivity index (χ1v) is 7.20. The number of carbonyl (C=O) groups is 1. The predicted octanol–water partition coefficient (Wildman–Crippen LogP) is 2.45. The average molecular weight is 247 g/mol. The van der Waals surface area contributed by atoms with Gasteiger partial charge in [0.05, 0.1) is 6.61 Å². The Morgan fingerprint density at radius 3 is 2.56 bits per heavy atom. The van der Waals surface area contributed by atoms with Gasteiger partial charge in [-0.3, -0.25) is 4.79 Å². The molecule has 0 saturated heterocycles. The largest absolute Gasteiger partial charge is 0.465 e. The van der Waals surface area contributed by atoms with Crippen molar-refractivity contribution < 1.29 is 9.53 Å². The van der Waals surface area contributed by atoms with E-state index < -0.39 is 5.54 Å². The van der Waals surface area contributed by atoms with Crippen LogP contribution in [0.4, 0.5) is 0 Å². The second-order valence-corrected chi connectivity index (χ2v) is 5.24. The van der Waals surface area contributed by atoms with Gasteiger partial charge in [0.2, 0.25) is 0 Å². The van der Waals surface area contributed by atoms with Gasteiger partial charge in [0, 0.05) is 0 Å². The third kappa shape index (κ3) is 5.75. The quantitative estimate of drug-likeness (QED) is 0.502. The number of thioether (sulfide) groups is 1. The van der Waals surface area contributed by atoms with E-state index in [1.54, 1.807) is 0 Å². The van der Waals surface area contributed by atoms with Gasteiger partial charge >= 0.3 is 5.97 Å². The monoisotopic (exact) mass is 247 g/mol. The molecule has 3 nitrogen and oxygen atoms in total. The molecule has 0 heterocycles. The van der Waals surface area contributed by atoms with E-state index in [0.717, 1.165) is 18.6 Å². The molecule has 0 aliphatic carbocycles. The summed E-state index contributed by atoms with van der Waals surface area (Å²) in [5, 5.41) is 3.07. The first-order chi connectivity index (χ1) is 7.60. The summed E-state index contributed by atoms with van der Waals surface area (Å²) in [5.41, 5.74) is -0.525. The Bertz CT molecular complexity index is 199. The van der Waals surface area contributed by atoms with Crippen molar-refractivity contribution in [2.75, 3.05) is 25.2 Å². The van der Waals surface area contributed by atoms with Crippen LogP contribution in [0.25, 0.3) is 0 Å². The van der Waals surface area contributed by atoms with Crippen LogP contribution in [0.5, 0.6) is 0 Å².